The van der Waals surface area contributed by atoms with Crippen molar-refractivity contribution in [2.75, 3.05) is 5.32 Å². The number of rotatable bonds is 4. The van der Waals surface area contributed by atoms with E-state index in [9.17, 15) is 9.59 Å². The van der Waals surface area contributed by atoms with Crippen LogP contribution in [0.15, 0.2) is 24.3 Å². The van der Waals surface area contributed by atoms with E-state index in [4.69, 9.17) is 0 Å². The van der Waals surface area contributed by atoms with Gasteiger partial charge in [0.2, 0.25) is 5.91 Å². The number of fused-ring (bicyclic) bond motifs is 1. The predicted molar refractivity (Wildman–Crippen MR) is 103 cm³/mol. The van der Waals surface area contributed by atoms with Gasteiger partial charge in [-0.1, -0.05) is 30.5 Å². The fourth-order valence-electron chi connectivity index (χ4n) is 3.78. The fourth-order valence-corrected chi connectivity index (χ4v) is 4.82. The smallest absolute Gasteiger partial charge is 0.257 e. The van der Waals surface area contributed by atoms with Gasteiger partial charge in [-0.15, -0.1) is 11.3 Å². The summed E-state index contributed by atoms with van der Waals surface area (Å²) in [5.41, 5.74) is 2.58. The molecular weight excluding hydrogens is 346 g/mol. The first-order chi connectivity index (χ1) is 12.6. The lowest BCUT2D eigenvalue weighted by Crippen LogP contribution is -2.36. The maximum absolute atomic E-state index is 12.6. The molecular formula is C20H23N3O2S. The average Bonchev–Trinajstić information content (AvgIpc) is 3.32. The van der Waals surface area contributed by atoms with Crippen molar-refractivity contribution in [2.24, 2.45) is 0 Å². The van der Waals surface area contributed by atoms with E-state index in [1.54, 1.807) is 0 Å². The third-order valence-electron chi connectivity index (χ3n) is 5.27. The highest BCUT2D eigenvalue weighted by molar-refractivity contribution is 7.16. The van der Waals surface area contributed by atoms with Gasteiger partial charge in [-0.25, -0.2) is 4.98 Å². The second-order valence-corrected chi connectivity index (χ2v) is 8.31. The molecule has 1 aromatic heterocycles. The van der Waals surface area contributed by atoms with Crippen LogP contribution in [0.3, 0.4) is 0 Å². The van der Waals surface area contributed by atoms with Gasteiger partial charge in [0.05, 0.1) is 11.6 Å². The third-order valence-corrected chi connectivity index (χ3v) is 6.32. The molecule has 0 spiro atoms. The van der Waals surface area contributed by atoms with Gasteiger partial charge < -0.3 is 5.32 Å². The number of nitrogens with zero attached hydrogens (tertiary/aromatic N) is 1. The first-order valence-electron chi connectivity index (χ1n) is 9.28. The Balaban J connectivity index is 1.44. The Hall–Kier alpha value is -2.21. The summed E-state index contributed by atoms with van der Waals surface area (Å²) in [5.74, 6) is -0.242. The predicted octanol–water partition coefficient (Wildman–Crippen LogP) is 3.79. The van der Waals surface area contributed by atoms with E-state index in [1.807, 2.05) is 31.2 Å². The Morgan fingerprint density at radius 1 is 1.12 bits per heavy atom. The normalized spacial score (nSPS) is 19.3. The number of thiazole rings is 1. The molecule has 1 atom stereocenters. The Labute approximate surface area is 157 Å². The molecule has 5 nitrogen and oxygen atoms in total. The van der Waals surface area contributed by atoms with Gasteiger partial charge in [0.15, 0.2) is 5.13 Å². The Morgan fingerprint density at radius 2 is 1.85 bits per heavy atom. The first-order valence-corrected chi connectivity index (χ1v) is 10.1. The van der Waals surface area contributed by atoms with Gasteiger partial charge in [-0.3, -0.25) is 14.9 Å². The molecule has 2 aromatic rings. The van der Waals surface area contributed by atoms with Crippen molar-refractivity contribution in [1.29, 1.82) is 0 Å². The number of aromatic nitrogens is 1. The molecule has 1 unspecified atom stereocenters. The summed E-state index contributed by atoms with van der Waals surface area (Å²) < 4.78 is 0. The minimum Gasteiger partial charge on any atom is -0.353 e. The highest BCUT2D eigenvalue weighted by atomic mass is 32.1. The zero-order valence-corrected chi connectivity index (χ0v) is 15.7. The van der Waals surface area contributed by atoms with Gasteiger partial charge >= 0.3 is 0 Å². The second kappa shape index (κ2) is 7.19. The zero-order valence-electron chi connectivity index (χ0n) is 14.9. The molecule has 26 heavy (non-hydrogen) atoms. The van der Waals surface area contributed by atoms with Gasteiger partial charge in [-0.2, -0.15) is 0 Å². The number of hydrogen-bond acceptors (Lipinski definition) is 4. The van der Waals surface area contributed by atoms with Crippen LogP contribution >= 0.6 is 11.3 Å². The lowest BCUT2D eigenvalue weighted by atomic mass is 10.1. The molecule has 1 saturated carbocycles. The van der Waals surface area contributed by atoms with Crippen molar-refractivity contribution >= 4 is 28.3 Å². The topological polar surface area (TPSA) is 71.1 Å². The van der Waals surface area contributed by atoms with Crippen molar-refractivity contribution in [3.63, 3.8) is 0 Å². The molecule has 2 aliphatic rings. The van der Waals surface area contributed by atoms with Crippen LogP contribution in [0.1, 0.15) is 64.5 Å². The second-order valence-electron chi connectivity index (χ2n) is 7.23. The van der Waals surface area contributed by atoms with Crippen LogP contribution in [-0.4, -0.2) is 22.8 Å². The zero-order chi connectivity index (χ0) is 18.1. The Kier molecular flexibility index (Phi) is 4.76. The molecule has 136 valence electrons. The summed E-state index contributed by atoms with van der Waals surface area (Å²) in [6, 6.07) is 7.78. The van der Waals surface area contributed by atoms with Crippen LogP contribution in [0.25, 0.3) is 0 Å². The molecule has 6 heteroatoms. The van der Waals surface area contributed by atoms with Crippen LogP contribution in [0.5, 0.6) is 0 Å². The molecule has 2 aliphatic carbocycles. The van der Waals surface area contributed by atoms with E-state index in [0.29, 0.717) is 16.7 Å². The number of carbonyl (C=O) groups excluding carboxylic acids is 2. The number of anilines is 1. The molecule has 1 heterocycles. The SMILES string of the molecule is Cc1ccc(C(=O)Nc2nc3c(s2)CCC3C(=O)NC2CCCC2)cc1. The largest absolute Gasteiger partial charge is 0.353 e. The molecule has 0 saturated heterocycles. The highest BCUT2D eigenvalue weighted by Gasteiger charge is 2.34. The van der Waals surface area contributed by atoms with Crippen LogP contribution in [0, 0.1) is 6.92 Å². The number of benzene rings is 1. The molecule has 1 fully saturated rings. The first kappa shape index (κ1) is 17.2. The number of carbonyl (C=O) groups is 2. The van der Waals surface area contributed by atoms with Crippen LogP contribution in [-0.2, 0) is 11.2 Å². The highest BCUT2D eigenvalue weighted by Crippen LogP contribution is 2.38. The Morgan fingerprint density at radius 3 is 2.58 bits per heavy atom. The minimum absolute atomic E-state index is 0.0948. The maximum Gasteiger partial charge on any atom is 0.257 e. The molecule has 0 aliphatic heterocycles. The van der Waals surface area contributed by atoms with E-state index in [2.05, 4.69) is 15.6 Å². The van der Waals surface area contributed by atoms with Gasteiger partial charge in [0.25, 0.3) is 5.91 Å². The summed E-state index contributed by atoms with van der Waals surface area (Å²) in [7, 11) is 0. The van der Waals surface area contributed by atoms with Gasteiger partial charge in [-0.05, 0) is 44.7 Å². The van der Waals surface area contributed by atoms with Crippen molar-refractivity contribution in [2.45, 2.75) is 57.4 Å². The average molecular weight is 369 g/mol. The quantitative estimate of drug-likeness (QED) is 0.861. The van der Waals surface area contributed by atoms with E-state index in [1.165, 1.54) is 24.2 Å². The number of hydrogen-bond donors (Lipinski definition) is 2. The van der Waals surface area contributed by atoms with E-state index in [0.717, 1.165) is 41.8 Å². The molecule has 2 N–H and O–H groups in total. The molecule has 0 bridgehead atoms. The van der Waals surface area contributed by atoms with Gasteiger partial charge in [0.1, 0.15) is 0 Å². The molecule has 0 radical (unpaired) electrons. The van der Waals surface area contributed by atoms with Crippen LogP contribution in [0.2, 0.25) is 0 Å². The standard InChI is InChI=1S/C20H23N3O2S/c1-12-6-8-13(9-7-12)18(24)23-20-22-17-15(10-11-16(17)26-20)19(25)21-14-4-2-3-5-14/h6-9,14-15H,2-5,10-11H2,1H3,(H,21,25)(H,22,23,24). The van der Waals surface area contributed by atoms with E-state index in [-0.39, 0.29) is 17.7 Å². The van der Waals surface area contributed by atoms with Crippen LogP contribution in [0.4, 0.5) is 5.13 Å². The van der Waals surface area contributed by atoms with E-state index < -0.39 is 0 Å². The number of nitrogens with one attached hydrogen (secondary N) is 2. The van der Waals surface area contributed by atoms with Crippen molar-refractivity contribution < 1.29 is 9.59 Å². The minimum atomic E-state index is -0.174. The summed E-state index contributed by atoms with van der Waals surface area (Å²) in [6.45, 7) is 1.99. The lowest BCUT2D eigenvalue weighted by molar-refractivity contribution is -0.123. The monoisotopic (exact) mass is 369 g/mol. The third kappa shape index (κ3) is 3.51. The van der Waals surface area contributed by atoms with Crippen LogP contribution < -0.4 is 10.6 Å². The fraction of sp³-hybridized carbons (Fsp3) is 0.450. The van der Waals surface area contributed by atoms with Crippen molar-refractivity contribution in [3.05, 3.63) is 46.0 Å². The maximum atomic E-state index is 12.6. The summed E-state index contributed by atoms with van der Waals surface area (Å²) >= 11 is 1.49. The summed E-state index contributed by atoms with van der Waals surface area (Å²) in [5, 5.41) is 6.64. The molecule has 1 aromatic carbocycles. The van der Waals surface area contributed by atoms with Gasteiger partial charge in [0, 0.05) is 16.5 Å². The summed E-state index contributed by atoms with van der Waals surface area (Å²) in [6.07, 6.45) is 6.25. The lowest BCUT2D eigenvalue weighted by Gasteiger charge is -2.15. The summed E-state index contributed by atoms with van der Waals surface area (Å²) in [4.78, 5) is 30.7. The van der Waals surface area contributed by atoms with E-state index >= 15 is 0 Å². The molecule has 4 rings (SSSR count). The van der Waals surface area contributed by atoms with Crippen molar-refractivity contribution in [1.82, 2.24) is 10.3 Å². The van der Waals surface area contributed by atoms with Crippen molar-refractivity contribution in [3.8, 4) is 0 Å². The number of aryl methyl sites for hydroxylation is 2. The Bertz CT molecular complexity index is 822. The molecule has 2 amide bonds. The number of amides is 2.